The Morgan fingerprint density at radius 2 is 2.06 bits per heavy atom. The molecule has 18 heavy (non-hydrogen) atoms. The highest BCUT2D eigenvalue weighted by Crippen LogP contribution is 2.12. The van der Waals surface area contributed by atoms with Crippen LogP contribution in [0.4, 0.5) is 0 Å². The maximum atomic E-state index is 12.0. The van der Waals surface area contributed by atoms with Crippen molar-refractivity contribution in [2.75, 3.05) is 0 Å². The molecule has 1 amide bonds. The fraction of sp³-hybridized carbons (Fsp3) is 0.214. The molecule has 1 aromatic carbocycles. The van der Waals surface area contributed by atoms with Gasteiger partial charge in [0.15, 0.2) is 0 Å². The molecule has 0 aliphatic heterocycles. The molecule has 1 heterocycles. The second-order valence-electron chi connectivity index (χ2n) is 4.20. The summed E-state index contributed by atoms with van der Waals surface area (Å²) < 4.78 is 0. The third-order valence-electron chi connectivity index (χ3n) is 2.59. The third kappa shape index (κ3) is 3.62. The molecule has 0 aliphatic carbocycles. The van der Waals surface area contributed by atoms with E-state index in [0.717, 1.165) is 11.3 Å². The van der Waals surface area contributed by atoms with E-state index in [1.54, 1.807) is 23.5 Å². The smallest absolute Gasteiger partial charge is 0.251 e. The van der Waals surface area contributed by atoms with Crippen molar-refractivity contribution < 1.29 is 4.79 Å². The highest BCUT2D eigenvalue weighted by Gasteiger charge is 2.10. The van der Waals surface area contributed by atoms with E-state index in [2.05, 4.69) is 29.4 Å². The minimum atomic E-state index is -0.0348. The van der Waals surface area contributed by atoms with Gasteiger partial charge in [0.25, 0.3) is 5.91 Å². The van der Waals surface area contributed by atoms with Gasteiger partial charge in [0, 0.05) is 27.8 Å². The molecule has 2 nitrogen and oxygen atoms in total. The van der Waals surface area contributed by atoms with E-state index in [4.69, 9.17) is 0 Å². The SMILES string of the molecule is CC(Cc1cccs1)NC(=O)c1ccc(S)cc1. The first-order valence-corrected chi connectivity index (χ1v) is 7.10. The Kier molecular flexibility index (Phi) is 4.44. The van der Waals surface area contributed by atoms with Crippen LogP contribution in [-0.4, -0.2) is 11.9 Å². The van der Waals surface area contributed by atoms with Crippen LogP contribution >= 0.6 is 24.0 Å². The van der Waals surface area contributed by atoms with Crippen molar-refractivity contribution in [1.82, 2.24) is 5.32 Å². The molecular weight excluding hydrogens is 262 g/mol. The van der Waals surface area contributed by atoms with Crippen LogP contribution in [0.3, 0.4) is 0 Å². The predicted octanol–water partition coefficient (Wildman–Crippen LogP) is 3.40. The van der Waals surface area contributed by atoms with Gasteiger partial charge < -0.3 is 5.32 Å². The van der Waals surface area contributed by atoms with Crippen molar-refractivity contribution in [2.24, 2.45) is 0 Å². The van der Waals surface area contributed by atoms with Gasteiger partial charge in [-0.15, -0.1) is 24.0 Å². The molecule has 0 saturated heterocycles. The monoisotopic (exact) mass is 277 g/mol. The first-order valence-electron chi connectivity index (χ1n) is 5.77. The average molecular weight is 277 g/mol. The third-order valence-corrected chi connectivity index (χ3v) is 3.79. The van der Waals surface area contributed by atoms with Crippen LogP contribution in [0.5, 0.6) is 0 Å². The summed E-state index contributed by atoms with van der Waals surface area (Å²) in [4.78, 5) is 14.1. The van der Waals surface area contributed by atoms with Gasteiger partial charge in [-0.25, -0.2) is 0 Å². The maximum absolute atomic E-state index is 12.0. The molecule has 2 aromatic rings. The Morgan fingerprint density at radius 3 is 2.67 bits per heavy atom. The summed E-state index contributed by atoms with van der Waals surface area (Å²) in [6.45, 7) is 2.02. The summed E-state index contributed by atoms with van der Waals surface area (Å²) in [6.07, 6.45) is 0.869. The van der Waals surface area contributed by atoms with Crippen molar-refractivity contribution in [2.45, 2.75) is 24.3 Å². The number of rotatable bonds is 4. The molecule has 0 saturated carbocycles. The van der Waals surface area contributed by atoms with E-state index in [0.29, 0.717) is 5.56 Å². The number of thiophene rings is 1. The number of carbonyl (C=O) groups is 1. The van der Waals surface area contributed by atoms with Crippen molar-refractivity contribution in [3.63, 3.8) is 0 Å². The number of hydrogen-bond acceptors (Lipinski definition) is 3. The van der Waals surface area contributed by atoms with Crippen LogP contribution in [0.2, 0.25) is 0 Å². The van der Waals surface area contributed by atoms with Crippen LogP contribution in [0.25, 0.3) is 0 Å². The molecule has 94 valence electrons. The average Bonchev–Trinajstić information content (AvgIpc) is 2.82. The van der Waals surface area contributed by atoms with E-state index in [1.165, 1.54) is 4.88 Å². The second kappa shape index (κ2) is 6.07. The minimum absolute atomic E-state index is 0.0348. The van der Waals surface area contributed by atoms with Crippen LogP contribution in [0, 0.1) is 0 Å². The standard InChI is InChI=1S/C14H15NOS2/c1-10(9-13-3-2-8-18-13)15-14(16)11-4-6-12(17)7-5-11/h2-8,10,17H,9H2,1H3,(H,15,16). The minimum Gasteiger partial charge on any atom is -0.349 e. The Morgan fingerprint density at radius 1 is 1.33 bits per heavy atom. The molecule has 0 spiro atoms. The summed E-state index contributed by atoms with van der Waals surface area (Å²) in [5.74, 6) is -0.0348. The number of thiol groups is 1. The molecule has 0 aliphatic rings. The van der Waals surface area contributed by atoms with E-state index in [-0.39, 0.29) is 11.9 Å². The predicted molar refractivity (Wildman–Crippen MR) is 78.6 cm³/mol. The van der Waals surface area contributed by atoms with Crippen molar-refractivity contribution in [3.05, 3.63) is 52.2 Å². The molecule has 1 atom stereocenters. The van der Waals surface area contributed by atoms with Crippen LogP contribution < -0.4 is 5.32 Å². The molecular formula is C14H15NOS2. The van der Waals surface area contributed by atoms with Gasteiger partial charge in [-0.1, -0.05) is 6.07 Å². The lowest BCUT2D eigenvalue weighted by Crippen LogP contribution is -2.33. The molecule has 1 aromatic heterocycles. The summed E-state index contributed by atoms with van der Waals surface area (Å²) in [5, 5.41) is 5.05. The first kappa shape index (κ1) is 13.2. The van der Waals surface area contributed by atoms with Crippen LogP contribution in [0.15, 0.2) is 46.7 Å². The molecule has 1 N–H and O–H groups in total. The van der Waals surface area contributed by atoms with Crippen LogP contribution in [0.1, 0.15) is 22.2 Å². The van der Waals surface area contributed by atoms with Crippen molar-refractivity contribution in [1.29, 1.82) is 0 Å². The fourth-order valence-electron chi connectivity index (χ4n) is 1.70. The summed E-state index contributed by atoms with van der Waals surface area (Å²) in [6, 6.07) is 11.5. The Balaban J connectivity index is 1.92. The highest BCUT2D eigenvalue weighted by atomic mass is 32.1. The fourth-order valence-corrected chi connectivity index (χ4v) is 2.69. The van der Waals surface area contributed by atoms with Crippen LogP contribution in [-0.2, 0) is 6.42 Å². The largest absolute Gasteiger partial charge is 0.349 e. The number of hydrogen-bond donors (Lipinski definition) is 2. The summed E-state index contributed by atoms with van der Waals surface area (Å²) >= 11 is 5.91. The zero-order valence-corrected chi connectivity index (χ0v) is 11.8. The zero-order chi connectivity index (χ0) is 13.0. The zero-order valence-electron chi connectivity index (χ0n) is 10.1. The second-order valence-corrected chi connectivity index (χ2v) is 5.75. The summed E-state index contributed by atoms with van der Waals surface area (Å²) in [5.41, 5.74) is 0.672. The van der Waals surface area contributed by atoms with E-state index < -0.39 is 0 Å². The number of amides is 1. The summed E-state index contributed by atoms with van der Waals surface area (Å²) in [7, 11) is 0. The number of carbonyl (C=O) groups excluding carboxylic acids is 1. The molecule has 0 bridgehead atoms. The Bertz CT molecular complexity index is 505. The van der Waals surface area contributed by atoms with Gasteiger partial charge in [-0.3, -0.25) is 4.79 Å². The molecule has 0 radical (unpaired) electrons. The van der Waals surface area contributed by atoms with Gasteiger partial charge in [-0.05, 0) is 42.6 Å². The van der Waals surface area contributed by atoms with Crippen molar-refractivity contribution >= 4 is 29.9 Å². The molecule has 4 heteroatoms. The van der Waals surface area contributed by atoms with Crippen molar-refractivity contribution in [3.8, 4) is 0 Å². The van der Waals surface area contributed by atoms with E-state index in [1.807, 2.05) is 25.1 Å². The maximum Gasteiger partial charge on any atom is 0.251 e. The van der Waals surface area contributed by atoms with Gasteiger partial charge in [-0.2, -0.15) is 0 Å². The number of nitrogens with one attached hydrogen (secondary N) is 1. The Hall–Kier alpha value is -1.26. The first-order chi connectivity index (χ1) is 8.65. The van der Waals surface area contributed by atoms with E-state index in [9.17, 15) is 4.79 Å². The quantitative estimate of drug-likeness (QED) is 0.824. The van der Waals surface area contributed by atoms with Gasteiger partial charge in [0.1, 0.15) is 0 Å². The van der Waals surface area contributed by atoms with E-state index >= 15 is 0 Å². The lowest BCUT2D eigenvalue weighted by molar-refractivity contribution is 0.0940. The molecule has 0 fully saturated rings. The van der Waals surface area contributed by atoms with Gasteiger partial charge in [0.05, 0.1) is 0 Å². The molecule has 2 rings (SSSR count). The number of benzene rings is 1. The van der Waals surface area contributed by atoms with Gasteiger partial charge in [0.2, 0.25) is 0 Å². The van der Waals surface area contributed by atoms with Gasteiger partial charge >= 0.3 is 0 Å². The Labute approximate surface area is 116 Å². The molecule has 1 unspecified atom stereocenters. The lowest BCUT2D eigenvalue weighted by atomic mass is 10.1. The highest BCUT2D eigenvalue weighted by molar-refractivity contribution is 7.80. The normalized spacial score (nSPS) is 12.1. The topological polar surface area (TPSA) is 29.1 Å². The lowest BCUT2D eigenvalue weighted by Gasteiger charge is -2.13.